The zero-order chi connectivity index (χ0) is 16.2. The first kappa shape index (κ1) is 15.8. The topological polar surface area (TPSA) is 53.4 Å². The second kappa shape index (κ2) is 7.02. The van der Waals surface area contributed by atoms with Gasteiger partial charge in [-0.2, -0.15) is 5.10 Å². The van der Waals surface area contributed by atoms with Crippen LogP contribution in [0.3, 0.4) is 0 Å². The van der Waals surface area contributed by atoms with Crippen LogP contribution in [0.25, 0.3) is 6.08 Å². The van der Waals surface area contributed by atoms with Gasteiger partial charge in [0.1, 0.15) is 0 Å². The highest BCUT2D eigenvalue weighted by Crippen LogP contribution is 2.28. The van der Waals surface area contributed by atoms with Crippen LogP contribution in [0.5, 0.6) is 0 Å². The summed E-state index contributed by atoms with van der Waals surface area (Å²) in [6, 6.07) is 6.04. The number of anilines is 1. The number of rotatable bonds is 5. The summed E-state index contributed by atoms with van der Waals surface area (Å²) < 4.78 is 0. The van der Waals surface area contributed by atoms with Crippen LogP contribution in [0, 0.1) is 0 Å². The van der Waals surface area contributed by atoms with Crippen molar-refractivity contribution in [3.63, 3.8) is 0 Å². The van der Waals surface area contributed by atoms with Gasteiger partial charge in [-0.15, -0.1) is 0 Å². The lowest BCUT2D eigenvalue weighted by molar-refractivity contribution is 0.397. The van der Waals surface area contributed by atoms with Crippen LogP contribution in [0.4, 0.5) is 5.13 Å². The molecule has 5 nitrogen and oxygen atoms in total. The van der Waals surface area contributed by atoms with E-state index in [0.29, 0.717) is 0 Å². The monoisotopic (exact) mass is 327 g/mol. The number of hydrazone groups is 1. The number of fused-ring (bicyclic) bond motifs is 1. The summed E-state index contributed by atoms with van der Waals surface area (Å²) in [5.74, 6) is 0. The molecular formula is C17H21N5S. The Morgan fingerprint density at radius 3 is 3.00 bits per heavy atom. The molecule has 1 N–H and O–H groups in total. The number of allylic oxidation sites excluding steroid dienone is 1. The molecule has 0 atom stereocenters. The van der Waals surface area contributed by atoms with E-state index in [1.807, 2.05) is 39.2 Å². The molecule has 0 aliphatic heterocycles. The lowest BCUT2D eigenvalue weighted by atomic mass is 10.1. The zero-order valence-electron chi connectivity index (χ0n) is 13.7. The van der Waals surface area contributed by atoms with Gasteiger partial charge in [-0.1, -0.05) is 23.5 Å². The summed E-state index contributed by atoms with van der Waals surface area (Å²) in [5, 5.41) is 5.28. The van der Waals surface area contributed by atoms with Gasteiger partial charge in [-0.3, -0.25) is 10.4 Å². The number of nitrogens with one attached hydrogen (secondary N) is 1. The van der Waals surface area contributed by atoms with Crippen LogP contribution < -0.4 is 5.43 Å². The van der Waals surface area contributed by atoms with Crippen LogP contribution in [0.1, 0.15) is 35.3 Å². The highest BCUT2D eigenvalue weighted by Gasteiger charge is 2.11. The summed E-state index contributed by atoms with van der Waals surface area (Å²) in [5.41, 5.74) is 7.02. The zero-order valence-corrected chi connectivity index (χ0v) is 14.5. The number of aryl methyl sites for hydroxylation is 1. The minimum atomic E-state index is 0.820. The van der Waals surface area contributed by atoms with E-state index >= 15 is 0 Å². The van der Waals surface area contributed by atoms with Gasteiger partial charge < -0.3 is 4.90 Å². The molecule has 2 aromatic heterocycles. The van der Waals surface area contributed by atoms with E-state index in [9.17, 15) is 0 Å². The van der Waals surface area contributed by atoms with Gasteiger partial charge in [-0.05, 0) is 52.1 Å². The van der Waals surface area contributed by atoms with Crippen molar-refractivity contribution in [3.05, 3.63) is 46.2 Å². The van der Waals surface area contributed by atoms with E-state index < -0.39 is 0 Å². The second-order valence-electron chi connectivity index (χ2n) is 5.83. The third-order valence-corrected chi connectivity index (χ3v) is 4.49. The van der Waals surface area contributed by atoms with Crippen molar-refractivity contribution in [1.82, 2.24) is 14.9 Å². The Bertz CT molecular complexity index is 745. The second-order valence-corrected chi connectivity index (χ2v) is 6.86. The number of pyridine rings is 1. The molecule has 0 radical (unpaired) electrons. The van der Waals surface area contributed by atoms with Gasteiger partial charge in [0.05, 0.1) is 27.7 Å². The van der Waals surface area contributed by atoms with Crippen molar-refractivity contribution >= 4 is 28.3 Å². The Morgan fingerprint density at radius 2 is 2.22 bits per heavy atom. The SMILES string of the molecule is C/C(=N\Nc1nc2c(s1)C=CCC2)c1cccc(CN(C)C)n1. The van der Waals surface area contributed by atoms with E-state index in [1.165, 1.54) is 10.6 Å². The van der Waals surface area contributed by atoms with E-state index in [-0.39, 0.29) is 0 Å². The van der Waals surface area contributed by atoms with Crippen molar-refractivity contribution in [3.8, 4) is 0 Å². The standard InChI is InChI=1S/C17H21N5S/c1-12(14-9-6-7-13(18-14)11-22(2)3)20-21-17-19-15-8-4-5-10-16(15)23-17/h5-7,9-10H,4,8,11H2,1-3H3,(H,19,21)/b20-12+. The number of aromatic nitrogens is 2. The van der Waals surface area contributed by atoms with Gasteiger partial charge in [0.15, 0.2) is 0 Å². The fourth-order valence-electron chi connectivity index (χ4n) is 2.41. The first-order valence-corrected chi connectivity index (χ1v) is 8.51. The maximum absolute atomic E-state index is 4.65. The Morgan fingerprint density at radius 1 is 1.35 bits per heavy atom. The van der Waals surface area contributed by atoms with Crippen LogP contribution in [-0.2, 0) is 13.0 Å². The lowest BCUT2D eigenvalue weighted by Crippen LogP contribution is -2.13. The highest BCUT2D eigenvalue weighted by molar-refractivity contribution is 7.16. The van der Waals surface area contributed by atoms with Crippen molar-refractivity contribution in [2.75, 3.05) is 19.5 Å². The summed E-state index contributed by atoms with van der Waals surface area (Å²) in [4.78, 5) is 12.6. The maximum Gasteiger partial charge on any atom is 0.204 e. The van der Waals surface area contributed by atoms with Crippen LogP contribution in [0.15, 0.2) is 29.4 Å². The Kier molecular flexibility index (Phi) is 4.83. The highest BCUT2D eigenvalue weighted by atomic mass is 32.1. The molecule has 120 valence electrons. The molecular weight excluding hydrogens is 306 g/mol. The van der Waals surface area contributed by atoms with E-state index in [1.54, 1.807) is 11.3 Å². The summed E-state index contributed by atoms with van der Waals surface area (Å²) in [7, 11) is 4.07. The summed E-state index contributed by atoms with van der Waals surface area (Å²) >= 11 is 1.64. The predicted octanol–water partition coefficient (Wildman–Crippen LogP) is 3.40. The first-order chi connectivity index (χ1) is 11.1. The predicted molar refractivity (Wildman–Crippen MR) is 96.9 cm³/mol. The molecule has 0 bridgehead atoms. The number of hydrogen-bond donors (Lipinski definition) is 1. The molecule has 0 fully saturated rings. The van der Waals surface area contributed by atoms with Crippen molar-refractivity contribution in [2.45, 2.75) is 26.3 Å². The summed E-state index contributed by atoms with van der Waals surface area (Å²) in [6.07, 6.45) is 6.42. The van der Waals surface area contributed by atoms with Gasteiger partial charge in [0.25, 0.3) is 0 Å². The molecule has 0 amide bonds. The number of nitrogens with zero attached hydrogens (tertiary/aromatic N) is 4. The van der Waals surface area contributed by atoms with Gasteiger partial charge in [0, 0.05) is 6.54 Å². The fourth-order valence-corrected chi connectivity index (χ4v) is 3.30. The van der Waals surface area contributed by atoms with Crippen molar-refractivity contribution in [2.24, 2.45) is 5.10 Å². The Labute approximate surface area is 140 Å². The normalized spacial score (nSPS) is 14.2. The van der Waals surface area contributed by atoms with Gasteiger partial charge in [0.2, 0.25) is 5.13 Å². The average Bonchev–Trinajstić information content (AvgIpc) is 2.95. The third-order valence-electron chi connectivity index (χ3n) is 3.52. The average molecular weight is 327 g/mol. The maximum atomic E-state index is 4.65. The minimum Gasteiger partial charge on any atom is -0.304 e. The van der Waals surface area contributed by atoms with E-state index in [4.69, 9.17) is 0 Å². The molecule has 0 aromatic carbocycles. The molecule has 0 spiro atoms. The smallest absolute Gasteiger partial charge is 0.204 e. The molecule has 0 saturated heterocycles. The van der Waals surface area contributed by atoms with Crippen molar-refractivity contribution < 1.29 is 0 Å². The number of hydrogen-bond acceptors (Lipinski definition) is 6. The van der Waals surface area contributed by atoms with E-state index in [0.717, 1.165) is 41.6 Å². The molecule has 1 aliphatic carbocycles. The Balaban J connectivity index is 1.72. The van der Waals surface area contributed by atoms with Crippen LogP contribution in [0.2, 0.25) is 0 Å². The first-order valence-electron chi connectivity index (χ1n) is 7.69. The molecule has 0 saturated carbocycles. The fraction of sp³-hybridized carbons (Fsp3) is 0.353. The molecule has 2 aromatic rings. The quantitative estimate of drug-likeness (QED) is 0.675. The molecule has 2 heterocycles. The van der Waals surface area contributed by atoms with Crippen molar-refractivity contribution in [1.29, 1.82) is 0 Å². The van der Waals surface area contributed by atoms with Crippen LogP contribution >= 0.6 is 11.3 Å². The molecule has 0 unspecified atom stereocenters. The molecule has 3 rings (SSSR count). The minimum absolute atomic E-state index is 0.820. The van der Waals surface area contributed by atoms with Crippen LogP contribution in [-0.4, -0.2) is 34.7 Å². The van der Waals surface area contributed by atoms with Gasteiger partial charge >= 0.3 is 0 Å². The molecule has 23 heavy (non-hydrogen) atoms. The third kappa shape index (κ3) is 4.03. The number of thiazole rings is 1. The molecule has 6 heteroatoms. The van der Waals surface area contributed by atoms with E-state index in [2.05, 4.69) is 37.5 Å². The van der Waals surface area contributed by atoms with Gasteiger partial charge in [-0.25, -0.2) is 4.98 Å². The largest absolute Gasteiger partial charge is 0.304 e. The Hall–Kier alpha value is -2.05. The summed E-state index contributed by atoms with van der Waals surface area (Å²) in [6.45, 7) is 2.78. The molecule has 1 aliphatic rings. The lowest BCUT2D eigenvalue weighted by Gasteiger charge is -2.09.